The fraction of sp³-hybridized carbons (Fsp3) is 0.500. The molecule has 5 heteroatoms. The molecule has 1 aromatic rings. The van der Waals surface area contributed by atoms with E-state index in [2.05, 4.69) is 11.4 Å². The third-order valence-electron chi connectivity index (χ3n) is 3.88. The number of nitrogens with one attached hydrogen (secondary N) is 1. The monoisotopic (exact) mass is 287 g/mol. The minimum atomic E-state index is -0.141. The molecule has 0 spiro atoms. The van der Waals surface area contributed by atoms with Gasteiger partial charge in [0, 0.05) is 6.04 Å². The summed E-state index contributed by atoms with van der Waals surface area (Å²) in [7, 11) is 0. The molecule has 2 N–H and O–H groups in total. The zero-order valence-corrected chi connectivity index (χ0v) is 12.1. The average Bonchev–Trinajstić information content (AvgIpc) is 2.72. The Morgan fingerprint density at radius 1 is 1.38 bits per heavy atom. The minimum Gasteiger partial charge on any atom is -0.395 e. The molecule has 5 nitrogen and oxygen atoms in total. The van der Waals surface area contributed by atoms with E-state index in [9.17, 15) is 9.90 Å². The first kappa shape index (κ1) is 15.5. The molecule has 1 aromatic carbocycles. The zero-order chi connectivity index (χ0) is 15.1. The van der Waals surface area contributed by atoms with E-state index >= 15 is 0 Å². The molecule has 0 aliphatic carbocycles. The van der Waals surface area contributed by atoms with Crippen molar-refractivity contribution in [2.45, 2.75) is 31.7 Å². The van der Waals surface area contributed by atoms with Crippen molar-refractivity contribution in [2.24, 2.45) is 0 Å². The molecule has 1 unspecified atom stereocenters. The normalized spacial score (nSPS) is 19.5. The van der Waals surface area contributed by atoms with Gasteiger partial charge in [0.2, 0.25) is 5.91 Å². The van der Waals surface area contributed by atoms with E-state index in [0.717, 1.165) is 32.2 Å². The second kappa shape index (κ2) is 7.77. The van der Waals surface area contributed by atoms with Gasteiger partial charge in [-0.2, -0.15) is 5.26 Å². The van der Waals surface area contributed by atoms with E-state index in [-0.39, 0.29) is 25.1 Å². The lowest BCUT2D eigenvalue weighted by molar-refractivity contribution is -0.118. The number of amides is 1. The highest BCUT2D eigenvalue weighted by atomic mass is 16.3. The number of carbonyl (C=O) groups excluding carboxylic acids is 1. The molecule has 0 bridgehead atoms. The predicted octanol–water partition coefficient (Wildman–Crippen LogP) is 1.73. The maximum Gasteiger partial charge on any atom is 0.238 e. The molecule has 112 valence electrons. The Hall–Kier alpha value is -1.90. The Labute approximate surface area is 125 Å². The lowest BCUT2D eigenvalue weighted by atomic mass is 10.1. The molecule has 0 saturated carbocycles. The van der Waals surface area contributed by atoms with Crippen LogP contribution in [-0.2, 0) is 4.79 Å². The molecular weight excluding hydrogens is 266 g/mol. The standard InChI is InChI=1S/C16H21N3O2/c17-10-13-6-3-4-8-15(13)18-16(21)11-19-9-5-1-2-7-14(19)12-20/h3-4,6,8,14,20H,1-2,5,7,9,11-12H2,(H,18,21). The number of hydrogen-bond acceptors (Lipinski definition) is 4. The Balaban J connectivity index is 1.98. The number of nitriles is 1. The van der Waals surface area contributed by atoms with Crippen LogP contribution < -0.4 is 5.32 Å². The van der Waals surface area contributed by atoms with Crippen LogP contribution in [0.2, 0.25) is 0 Å². The fourth-order valence-electron chi connectivity index (χ4n) is 2.72. The van der Waals surface area contributed by atoms with Crippen LogP contribution in [0.1, 0.15) is 31.2 Å². The summed E-state index contributed by atoms with van der Waals surface area (Å²) in [6.45, 7) is 1.17. The average molecular weight is 287 g/mol. The molecule has 1 fully saturated rings. The summed E-state index contributed by atoms with van der Waals surface area (Å²) in [6.07, 6.45) is 4.23. The van der Waals surface area contributed by atoms with Crippen molar-refractivity contribution in [3.8, 4) is 6.07 Å². The largest absolute Gasteiger partial charge is 0.395 e. The first-order chi connectivity index (χ1) is 10.2. The van der Waals surface area contributed by atoms with Crippen LogP contribution in [0.5, 0.6) is 0 Å². The SMILES string of the molecule is N#Cc1ccccc1NC(=O)CN1CCCCCC1CO. The summed E-state index contributed by atoms with van der Waals surface area (Å²) in [5, 5.41) is 21.3. The van der Waals surface area contributed by atoms with Crippen LogP contribution in [0, 0.1) is 11.3 Å². The summed E-state index contributed by atoms with van der Waals surface area (Å²) in [5.41, 5.74) is 1.00. The van der Waals surface area contributed by atoms with E-state index in [1.54, 1.807) is 24.3 Å². The molecule has 0 radical (unpaired) electrons. The molecule has 21 heavy (non-hydrogen) atoms. The number of aliphatic hydroxyl groups excluding tert-OH is 1. The fourth-order valence-corrected chi connectivity index (χ4v) is 2.72. The van der Waals surface area contributed by atoms with E-state index < -0.39 is 0 Å². The second-order valence-corrected chi connectivity index (χ2v) is 5.36. The van der Waals surface area contributed by atoms with Gasteiger partial charge in [0.15, 0.2) is 0 Å². The summed E-state index contributed by atoms with van der Waals surface area (Å²) in [5.74, 6) is -0.141. The lowest BCUT2D eigenvalue weighted by Crippen LogP contribution is -2.42. The maximum atomic E-state index is 12.2. The first-order valence-corrected chi connectivity index (χ1v) is 7.38. The van der Waals surface area contributed by atoms with Gasteiger partial charge >= 0.3 is 0 Å². The van der Waals surface area contributed by atoms with Gasteiger partial charge in [-0.25, -0.2) is 0 Å². The molecule has 0 aromatic heterocycles. The van der Waals surface area contributed by atoms with Gasteiger partial charge in [-0.05, 0) is 31.5 Å². The third-order valence-corrected chi connectivity index (χ3v) is 3.88. The van der Waals surface area contributed by atoms with Crippen molar-refractivity contribution < 1.29 is 9.90 Å². The minimum absolute atomic E-state index is 0.0597. The number of benzene rings is 1. The van der Waals surface area contributed by atoms with E-state index in [4.69, 9.17) is 5.26 Å². The first-order valence-electron chi connectivity index (χ1n) is 7.38. The number of likely N-dealkylation sites (tertiary alicyclic amines) is 1. The summed E-state index contributed by atoms with van der Waals surface area (Å²) < 4.78 is 0. The molecule has 1 heterocycles. The van der Waals surface area contributed by atoms with Gasteiger partial charge in [-0.3, -0.25) is 9.69 Å². The number of rotatable bonds is 4. The Kier molecular flexibility index (Phi) is 5.73. The predicted molar refractivity (Wildman–Crippen MR) is 80.7 cm³/mol. The summed E-state index contributed by atoms with van der Waals surface area (Å²) in [6, 6.07) is 9.09. The second-order valence-electron chi connectivity index (χ2n) is 5.36. The number of anilines is 1. The summed E-state index contributed by atoms with van der Waals surface area (Å²) in [4.78, 5) is 14.2. The number of aliphatic hydroxyl groups is 1. The lowest BCUT2D eigenvalue weighted by Gasteiger charge is -2.27. The summed E-state index contributed by atoms with van der Waals surface area (Å²) >= 11 is 0. The van der Waals surface area contributed by atoms with Gasteiger partial charge in [-0.1, -0.05) is 25.0 Å². The van der Waals surface area contributed by atoms with Gasteiger partial charge in [0.25, 0.3) is 0 Å². The van der Waals surface area contributed by atoms with Crippen LogP contribution in [-0.4, -0.2) is 41.7 Å². The van der Waals surface area contributed by atoms with Crippen LogP contribution in [0.4, 0.5) is 5.69 Å². The van der Waals surface area contributed by atoms with Crippen molar-refractivity contribution in [3.63, 3.8) is 0 Å². The number of hydrogen-bond donors (Lipinski definition) is 2. The third kappa shape index (κ3) is 4.28. The highest BCUT2D eigenvalue weighted by Crippen LogP contribution is 2.17. The molecule has 1 saturated heterocycles. The van der Waals surface area contributed by atoms with Crippen LogP contribution in [0.25, 0.3) is 0 Å². The molecule has 1 aliphatic rings. The molecule has 2 rings (SSSR count). The van der Waals surface area contributed by atoms with E-state index in [1.165, 1.54) is 0 Å². The van der Waals surface area contributed by atoms with Gasteiger partial charge < -0.3 is 10.4 Å². The molecule has 1 aliphatic heterocycles. The Bertz CT molecular complexity index is 524. The van der Waals surface area contributed by atoms with E-state index in [1.807, 2.05) is 4.90 Å². The number of carbonyl (C=O) groups is 1. The van der Waals surface area contributed by atoms with Crippen molar-refractivity contribution in [1.82, 2.24) is 4.90 Å². The van der Waals surface area contributed by atoms with Crippen molar-refractivity contribution in [2.75, 3.05) is 25.0 Å². The van der Waals surface area contributed by atoms with Gasteiger partial charge in [0.1, 0.15) is 6.07 Å². The highest BCUT2D eigenvalue weighted by molar-refractivity contribution is 5.93. The van der Waals surface area contributed by atoms with Gasteiger partial charge in [-0.15, -0.1) is 0 Å². The van der Waals surface area contributed by atoms with Crippen LogP contribution >= 0.6 is 0 Å². The Morgan fingerprint density at radius 3 is 2.95 bits per heavy atom. The zero-order valence-electron chi connectivity index (χ0n) is 12.1. The highest BCUT2D eigenvalue weighted by Gasteiger charge is 2.22. The molecule has 1 amide bonds. The quantitative estimate of drug-likeness (QED) is 0.884. The molecular formula is C16H21N3O2. The topological polar surface area (TPSA) is 76.4 Å². The van der Waals surface area contributed by atoms with Gasteiger partial charge in [0.05, 0.1) is 24.4 Å². The van der Waals surface area contributed by atoms with Crippen LogP contribution in [0.3, 0.4) is 0 Å². The number of para-hydroxylation sites is 1. The van der Waals surface area contributed by atoms with Crippen LogP contribution in [0.15, 0.2) is 24.3 Å². The van der Waals surface area contributed by atoms with Crippen molar-refractivity contribution in [3.05, 3.63) is 29.8 Å². The Morgan fingerprint density at radius 2 is 2.19 bits per heavy atom. The van der Waals surface area contributed by atoms with E-state index in [0.29, 0.717) is 11.3 Å². The molecule has 1 atom stereocenters. The van der Waals surface area contributed by atoms with Crippen molar-refractivity contribution >= 4 is 11.6 Å². The number of nitrogens with zero attached hydrogens (tertiary/aromatic N) is 2. The maximum absolute atomic E-state index is 12.2. The smallest absolute Gasteiger partial charge is 0.238 e. The van der Waals surface area contributed by atoms with Crippen molar-refractivity contribution in [1.29, 1.82) is 5.26 Å².